The number of unbranched alkanes of at least 4 members (excludes halogenated alkanes) is 3. The van der Waals surface area contributed by atoms with Crippen LogP contribution in [0.4, 0.5) is 5.95 Å². The van der Waals surface area contributed by atoms with Crippen LogP contribution < -0.4 is 15.6 Å². The fourth-order valence-electron chi connectivity index (χ4n) is 3.83. The first-order chi connectivity index (χ1) is 15.1. The van der Waals surface area contributed by atoms with Crippen LogP contribution in [0.15, 0.2) is 20.8 Å². The molecule has 1 fully saturated rings. The molecule has 0 unspecified atom stereocenters. The molecule has 166 valence electrons. The number of thiophene rings is 1. The van der Waals surface area contributed by atoms with E-state index < -0.39 is 0 Å². The van der Waals surface area contributed by atoms with Crippen LogP contribution in [0, 0.1) is 0 Å². The number of methoxy groups -OCH3 is 1. The van der Waals surface area contributed by atoms with E-state index >= 15 is 0 Å². The monoisotopic (exact) mass is 504 g/mol. The van der Waals surface area contributed by atoms with Crippen molar-refractivity contribution in [2.45, 2.75) is 71.4 Å². The molecule has 3 heterocycles. The Hall–Kier alpha value is -1.93. The van der Waals surface area contributed by atoms with E-state index in [-0.39, 0.29) is 5.56 Å². The molecular formula is C23H29BrN4O2S. The van der Waals surface area contributed by atoms with Gasteiger partial charge in [0.25, 0.3) is 5.56 Å². The Morgan fingerprint density at radius 1 is 1.29 bits per heavy atom. The maximum atomic E-state index is 13.7. The second kappa shape index (κ2) is 9.69. The summed E-state index contributed by atoms with van der Waals surface area (Å²) in [5.41, 5.74) is 2.14. The molecule has 0 amide bonds. The van der Waals surface area contributed by atoms with Gasteiger partial charge in [0, 0.05) is 29.0 Å². The van der Waals surface area contributed by atoms with Gasteiger partial charge in [-0.05, 0) is 47.7 Å². The summed E-state index contributed by atoms with van der Waals surface area (Å²) in [7, 11) is 1.67. The molecule has 1 saturated carbocycles. The fourth-order valence-corrected chi connectivity index (χ4v) is 5.76. The van der Waals surface area contributed by atoms with Gasteiger partial charge in [-0.1, -0.05) is 33.1 Å². The van der Waals surface area contributed by atoms with Crippen molar-refractivity contribution < 1.29 is 4.74 Å². The highest BCUT2D eigenvalue weighted by Gasteiger charge is 2.24. The van der Waals surface area contributed by atoms with Crippen molar-refractivity contribution in [1.29, 1.82) is 0 Å². The van der Waals surface area contributed by atoms with E-state index in [1.807, 2.05) is 16.8 Å². The predicted octanol–water partition coefficient (Wildman–Crippen LogP) is 6.01. The van der Waals surface area contributed by atoms with Crippen LogP contribution in [0.5, 0.6) is 5.75 Å². The number of nitrogens with one attached hydrogen (secondary N) is 1. The number of halogens is 1. The number of aryl methyl sites for hydroxylation is 2. The predicted molar refractivity (Wildman–Crippen MR) is 132 cm³/mol. The lowest BCUT2D eigenvalue weighted by Gasteiger charge is -2.14. The molecule has 0 atom stereocenters. The van der Waals surface area contributed by atoms with Crippen molar-refractivity contribution in [2.24, 2.45) is 0 Å². The molecule has 4 rings (SSSR count). The molecule has 0 aliphatic heterocycles. The minimum atomic E-state index is -0.0282. The van der Waals surface area contributed by atoms with Crippen molar-refractivity contribution in [3.8, 4) is 16.9 Å². The Kier molecular flexibility index (Phi) is 6.96. The lowest BCUT2D eigenvalue weighted by molar-refractivity contribution is 0.414. The first-order valence-electron chi connectivity index (χ1n) is 11.1. The molecule has 3 aromatic heterocycles. The zero-order valence-corrected chi connectivity index (χ0v) is 20.7. The standard InChI is InChI=1S/C23H29BrN4O2S/c1-4-6-7-8-11-28-21-14(13-25-23(27-21)26-15-9-10-15)12-16(22(28)29)18-19(30-3)17(5-2)31-20(18)24/h12-13,15H,4-11H2,1-3H3,(H,25,26,27). The first kappa shape index (κ1) is 22.3. The van der Waals surface area contributed by atoms with Gasteiger partial charge in [0.1, 0.15) is 11.4 Å². The lowest BCUT2D eigenvalue weighted by atomic mass is 10.1. The fraction of sp³-hybridized carbons (Fsp3) is 0.522. The number of ether oxygens (including phenoxy) is 1. The van der Waals surface area contributed by atoms with E-state index in [2.05, 4.69) is 40.1 Å². The third kappa shape index (κ3) is 4.65. The van der Waals surface area contributed by atoms with Crippen LogP contribution in [0.3, 0.4) is 0 Å². The van der Waals surface area contributed by atoms with Gasteiger partial charge in [-0.15, -0.1) is 11.3 Å². The van der Waals surface area contributed by atoms with E-state index in [9.17, 15) is 4.79 Å². The largest absolute Gasteiger partial charge is 0.495 e. The van der Waals surface area contributed by atoms with Crippen LogP contribution in [0.1, 0.15) is 57.2 Å². The molecule has 1 aliphatic rings. The summed E-state index contributed by atoms with van der Waals surface area (Å²) in [5, 5.41) is 4.22. The molecule has 0 spiro atoms. The molecule has 31 heavy (non-hydrogen) atoms. The summed E-state index contributed by atoms with van der Waals surface area (Å²) < 4.78 is 8.47. The van der Waals surface area contributed by atoms with Crippen molar-refractivity contribution in [2.75, 3.05) is 12.4 Å². The van der Waals surface area contributed by atoms with Crippen LogP contribution in [0.25, 0.3) is 22.2 Å². The molecule has 1 N–H and O–H groups in total. The van der Waals surface area contributed by atoms with Gasteiger partial charge in [-0.3, -0.25) is 9.36 Å². The molecule has 1 aliphatic carbocycles. The molecule has 8 heteroatoms. The van der Waals surface area contributed by atoms with E-state index in [1.54, 1.807) is 18.4 Å². The van der Waals surface area contributed by atoms with Gasteiger partial charge < -0.3 is 10.1 Å². The zero-order chi connectivity index (χ0) is 22.0. The van der Waals surface area contributed by atoms with E-state index in [4.69, 9.17) is 9.72 Å². The lowest BCUT2D eigenvalue weighted by Crippen LogP contribution is -2.24. The Bertz CT molecular complexity index is 1140. The maximum Gasteiger partial charge on any atom is 0.260 e. The number of fused-ring (bicyclic) bond motifs is 1. The van der Waals surface area contributed by atoms with Gasteiger partial charge >= 0.3 is 0 Å². The minimum Gasteiger partial charge on any atom is -0.495 e. The highest BCUT2D eigenvalue weighted by Crippen LogP contribution is 2.45. The van der Waals surface area contributed by atoms with Crippen molar-refractivity contribution in [1.82, 2.24) is 14.5 Å². The molecule has 0 saturated heterocycles. The Balaban J connectivity index is 1.86. The zero-order valence-electron chi connectivity index (χ0n) is 18.3. The Labute approximate surface area is 195 Å². The first-order valence-corrected chi connectivity index (χ1v) is 12.7. The molecule has 6 nitrogen and oxygen atoms in total. The molecule has 3 aromatic rings. The van der Waals surface area contributed by atoms with Gasteiger partial charge in [0.05, 0.1) is 22.0 Å². The summed E-state index contributed by atoms with van der Waals surface area (Å²) in [4.78, 5) is 24.1. The number of anilines is 1. The third-order valence-corrected chi connectivity index (χ3v) is 7.64. The van der Waals surface area contributed by atoms with Gasteiger partial charge in [0.15, 0.2) is 0 Å². The van der Waals surface area contributed by atoms with Crippen LogP contribution in [-0.2, 0) is 13.0 Å². The second-order valence-electron chi connectivity index (χ2n) is 8.03. The maximum absolute atomic E-state index is 13.7. The van der Waals surface area contributed by atoms with E-state index in [1.165, 1.54) is 6.42 Å². The van der Waals surface area contributed by atoms with Crippen LogP contribution >= 0.6 is 27.3 Å². The van der Waals surface area contributed by atoms with Gasteiger partial charge in [-0.25, -0.2) is 4.98 Å². The van der Waals surface area contributed by atoms with E-state index in [0.29, 0.717) is 29.7 Å². The number of hydrogen-bond acceptors (Lipinski definition) is 6. The molecule has 0 radical (unpaired) electrons. The topological polar surface area (TPSA) is 69.0 Å². The quantitative estimate of drug-likeness (QED) is 0.342. The number of aromatic nitrogens is 3. The normalized spacial score (nSPS) is 13.7. The second-order valence-corrected chi connectivity index (χ2v) is 10.5. The Morgan fingerprint density at radius 2 is 2.10 bits per heavy atom. The molecule has 0 aromatic carbocycles. The number of nitrogens with zero attached hydrogens (tertiary/aromatic N) is 3. The highest BCUT2D eigenvalue weighted by atomic mass is 79.9. The SMILES string of the molecule is CCCCCCn1c(=O)c(-c2c(Br)sc(CC)c2OC)cc2cnc(NC3CC3)nc21. The van der Waals surface area contributed by atoms with E-state index in [0.717, 1.165) is 63.9 Å². The van der Waals surface area contributed by atoms with Crippen molar-refractivity contribution in [3.05, 3.63) is 31.3 Å². The van der Waals surface area contributed by atoms with Crippen molar-refractivity contribution >= 4 is 44.2 Å². The van der Waals surface area contributed by atoms with Crippen LogP contribution in [-0.4, -0.2) is 27.7 Å². The summed E-state index contributed by atoms with van der Waals surface area (Å²) in [6.07, 6.45) is 9.34. The molecular weight excluding hydrogens is 476 g/mol. The Morgan fingerprint density at radius 3 is 2.77 bits per heavy atom. The summed E-state index contributed by atoms with van der Waals surface area (Å²) >= 11 is 5.30. The smallest absolute Gasteiger partial charge is 0.260 e. The van der Waals surface area contributed by atoms with Crippen LogP contribution in [0.2, 0.25) is 0 Å². The summed E-state index contributed by atoms with van der Waals surface area (Å²) in [5.74, 6) is 1.38. The minimum absolute atomic E-state index is 0.0282. The average Bonchev–Trinajstić information content (AvgIpc) is 3.52. The third-order valence-electron chi connectivity index (χ3n) is 5.66. The average molecular weight is 505 g/mol. The molecule has 0 bridgehead atoms. The number of rotatable bonds is 10. The number of hydrogen-bond donors (Lipinski definition) is 1. The van der Waals surface area contributed by atoms with Gasteiger partial charge in [-0.2, -0.15) is 4.98 Å². The van der Waals surface area contributed by atoms with Gasteiger partial charge in [0.2, 0.25) is 5.95 Å². The van der Waals surface area contributed by atoms with Crippen molar-refractivity contribution in [3.63, 3.8) is 0 Å². The highest BCUT2D eigenvalue weighted by molar-refractivity contribution is 9.11. The summed E-state index contributed by atoms with van der Waals surface area (Å²) in [6.45, 7) is 4.93. The summed E-state index contributed by atoms with van der Waals surface area (Å²) in [6, 6.07) is 2.37. The number of pyridine rings is 1.